The summed E-state index contributed by atoms with van der Waals surface area (Å²) in [5.41, 5.74) is 1.14. The summed E-state index contributed by atoms with van der Waals surface area (Å²) in [5, 5.41) is -0.145. The predicted molar refractivity (Wildman–Crippen MR) is 194 cm³/mol. The Labute approximate surface area is 291 Å². The number of furan rings is 1. The molecule has 0 amide bonds. The van der Waals surface area contributed by atoms with Crippen molar-refractivity contribution in [2.75, 3.05) is 0 Å². The van der Waals surface area contributed by atoms with E-state index >= 15 is 0 Å². The van der Waals surface area contributed by atoms with Gasteiger partial charge in [-0.3, -0.25) is 0 Å². The van der Waals surface area contributed by atoms with Crippen LogP contribution in [0.1, 0.15) is 34.4 Å². The first-order valence-electron chi connectivity index (χ1n) is 23.0. The SMILES string of the molecule is [2H]c1c([2H])c([2H])c(Cc2c3c([2H])c([2H])c([2H])c([2H])c3c(-c3c([2H])c([2H])c(-c4cccc5c4oc4cccc(-c6ccccc6)c45)c([2H])c3[2H])c3c([2H])c([2H])c([2H])c([2H])c23)c([2H])c1[2H]. The van der Waals surface area contributed by atoms with Crippen molar-refractivity contribution < 1.29 is 27.7 Å². The van der Waals surface area contributed by atoms with Crippen molar-refractivity contribution in [1.82, 2.24) is 0 Å². The molecule has 9 rings (SSSR count). The summed E-state index contributed by atoms with van der Waals surface area (Å²) in [4.78, 5) is 0. The van der Waals surface area contributed by atoms with Crippen molar-refractivity contribution in [3.8, 4) is 33.4 Å². The van der Waals surface area contributed by atoms with Gasteiger partial charge in [0, 0.05) is 16.3 Å². The molecule has 0 radical (unpaired) electrons. The van der Waals surface area contributed by atoms with Gasteiger partial charge in [0.25, 0.3) is 0 Å². The fourth-order valence-corrected chi connectivity index (χ4v) is 6.15. The third-order valence-corrected chi connectivity index (χ3v) is 8.14. The summed E-state index contributed by atoms with van der Waals surface area (Å²) >= 11 is 0. The number of benzene rings is 8. The van der Waals surface area contributed by atoms with Crippen LogP contribution in [0.25, 0.3) is 76.9 Å². The Morgan fingerprint density at radius 1 is 0.457 bits per heavy atom. The quantitative estimate of drug-likeness (QED) is 0.178. The van der Waals surface area contributed by atoms with Gasteiger partial charge in [-0.15, -0.1) is 0 Å². The van der Waals surface area contributed by atoms with E-state index in [9.17, 15) is 11.0 Å². The molecule has 1 heteroatoms. The topological polar surface area (TPSA) is 13.1 Å². The van der Waals surface area contributed by atoms with Crippen LogP contribution in [0.3, 0.4) is 0 Å². The minimum atomic E-state index is -0.777. The maximum Gasteiger partial charge on any atom is 0.143 e. The maximum absolute atomic E-state index is 9.56. The first kappa shape index (κ1) is 14.5. The number of rotatable bonds is 5. The highest BCUT2D eigenvalue weighted by Crippen LogP contribution is 2.43. The van der Waals surface area contributed by atoms with Gasteiger partial charge in [-0.1, -0.05) is 163 Å². The van der Waals surface area contributed by atoms with E-state index in [1.54, 1.807) is 18.2 Å². The molecule has 0 atom stereocenters. The van der Waals surface area contributed by atoms with Crippen LogP contribution < -0.4 is 0 Å². The molecule has 0 fully saturated rings. The van der Waals surface area contributed by atoms with Crippen LogP contribution in [-0.2, 0) is 6.42 Å². The van der Waals surface area contributed by atoms with Crippen molar-refractivity contribution in [1.29, 1.82) is 0 Å². The second-order valence-electron chi connectivity index (χ2n) is 10.7. The van der Waals surface area contributed by atoms with E-state index in [1.807, 2.05) is 48.5 Å². The van der Waals surface area contributed by atoms with Crippen molar-refractivity contribution >= 4 is 43.5 Å². The van der Waals surface area contributed by atoms with Gasteiger partial charge in [0.05, 0.1) is 23.3 Å². The fraction of sp³-hybridized carbons (Fsp3) is 0.0222. The molecule has 0 bridgehead atoms. The Morgan fingerprint density at radius 3 is 1.78 bits per heavy atom. The molecule has 0 N–H and O–H groups in total. The molecule has 1 heterocycles. The van der Waals surface area contributed by atoms with Gasteiger partial charge in [0.1, 0.15) is 11.2 Å². The van der Waals surface area contributed by atoms with E-state index in [1.165, 1.54) is 0 Å². The van der Waals surface area contributed by atoms with E-state index in [0.717, 1.165) is 16.5 Å². The molecule has 8 aromatic carbocycles. The Kier molecular flexibility index (Phi) is 3.43. The van der Waals surface area contributed by atoms with Gasteiger partial charge in [-0.2, -0.15) is 0 Å². The van der Waals surface area contributed by atoms with E-state index < -0.39 is 131 Å². The van der Waals surface area contributed by atoms with Gasteiger partial charge in [-0.05, 0) is 73.0 Å². The molecular weight excluding hydrogens is 556 g/mol. The zero-order valence-corrected chi connectivity index (χ0v) is 24.0. The first-order chi connectivity index (χ1) is 29.9. The smallest absolute Gasteiger partial charge is 0.143 e. The minimum Gasteiger partial charge on any atom is -0.455 e. The fourth-order valence-electron chi connectivity index (χ4n) is 6.15. The molecule has 0 saturated heterocycles. The lowest BCUT2D eigenvalue weighted by Gasteiger charge is -2.18. The Morgan fingerprint density at radius 2 is 1.07 bits per heavy atom. The highest BCUT2D eigenvalue weighted by atomic mass is 16.3. The van der Waals surface area contributed by atoms with Crippen LogP contribution in [0.2, 0.25) is 0 Å². The van der Waals surface area contributed by atoms with E-state index in [4.69, 9.17) is 16.8 Å². The molecule has 0 aliphatic rings. The first-order valence-corrected chi connectivity index (χ1v) is 14.5. The Balaban J connectivity index is 1.42. The third kappa shape index (κ3) is 4.32. The summed E-state index contributed by atoms with van der Waals surface area (Å²) in [6.45, 7) is 0. The van der Waals surface area contributed by atoms with Gasteiger partial charge >= 0.3 is 0 Å². The van der Waals surface area contributed by atoms with Crippen LogP contribution in [0.4, 0.5) is 0 Å². The standard InChI is InChI=1S/C45H30O/c1-3-13-30(14-4-1)29-41-36-17-7-9-19-38(36)43(39-20-10-8-18-37(39)41)33-27-25-32(26-28-33)35-22-11-23-40-44-34(31-15-5-2-6-16-31)21-12-24-42(44)46-45(35)40/h1-28H,29H2/i1D,3D,4D,7D,8D,9D,10D,13D,14D,17D,18D,19D,20D,25D,26D,27D,28D. The number of para-hydroxylation sites is 1. The molecule has 0 aliphatic carbocycles. The van der Waals surface area contributed by atoms with Crippen LogP contribution in [0.15, 0.2) is 174 Å². The average Bonchev–Trinajstić information content (AvgIpc) is 3.68. The summed E-state index contributed by atoms with van der Waals surface area (Å²) in [5.74, 6) is 0. The normalized spacial score (nSPS) is 16.7. The van der Waals surface area contributed by atoms with Crippen LogP contribution in [0.5, 0.6) is 0 Å². The van der Waals surface area contributed by atoms with Gasteiger partial charge in [-0.25, -0.2) is 0 Å². The summed E-state index contributed by atoms with van der Waals surface area (Å²) in [7, 11) is 0. The van der Waals surface area contributed by atoms with Crippen LogP contribution in [0, 0.1) is 0 Å². The second kappa shape index (κ2) is 10.9. The predicted octanol–water partition coefficient (Wildman–Crippen LogP) is 12.5. The molecular formula is C45H30O. The Hall–Kier alpha value is -5.92. The van der Waals surface area contributed by atoms with Crippen LogP contribution in [-0.4, -0.2) is 0 Å². The molecule has 0 spiro atoms. The second-order valence-corrected chi connectivity index (χ2v) is 10.7. The Bertz CT molecular complexity index is 3370. The lowest BCUT2D eigenvalue weighted by molar-refractivity contribution is 0.670. The molecule has 1 nitrogen and oxygen atoms in total. The van der Waals surface area contributed by atoms with Crippen molar-refractivity contribution in [3.05, 3.63) is 181 Å². The summed E-state index contributed by atoms with van der Waals surface area (Å²) in [6.07, 6.45) is -0.658. The molecule has 0 aliphatic heterocycles. The summed E-state index contributed by atoms with van der Waals surface area (Å²) in [6, 6.07) is 8.46. The van der Waals surface area contributed by atoms with Gasteiger partial charge in [0.2, 0.25) is 0 Å². The number of hydrogen-bond acceptors (Lipinski definition) is 1. The maximum atomic E-state index is 9.56. The lowest BCUT2D eigenvalue weighted by Crippen LogP contribution is -1.95. The van der Waals surface area contributed by atoms with E-state index in [-0.39, 0.29) is 38.6 Å². The number of hydrogen-bond donors (Lipinski definition) is 0. The molecule has 0 unspecified atom stereocenters. The van der Waals surface area contributed by atoms with Gasteiger partial charge < -0.3 is 4.42 Å². The monoisotopic (exact) mass is 603 g/mol. The largest absolute Gasteiger partial charge is 0.455 e. The zero-order chi connectivity index (χ0) is 45.2. The molecule has 216 valence electrons. The molecule has 46 heavy (non-hydrogen) atoms. The van der Waals surface area contributed by atoms with Crippen LogP contribution >= 0.6 is 0 Å². The highest BCUT2D eigenvalue weighted by Gasteiger charge is 2.18. The van der Waals surface area contributed by atoms with Crippen molar-refractivity contribution in [3.63, 3.8) is 0 Å². The minimum absolute atomic E-state index is 0.158. The molecule has 1 aromatic heterocycles. The highest BCUT2D eigenvalue weighted by molar-refractivity contribution is 6.17. The van der Waals surface area contributed by atoms with Crippen molar-refractivity contribution in [2.45, 2.75) is 6.42 Å². The van der Waals surface area contributed by atoms with E-state index in [0.29, 0.717) is 11.0 Å². The molecule has 0 saturated carbocycles. The summed E-state index contributed by atoms with van der Waals surface area (Å²) < 4.78 is 158. The van der Waals surface area contributed by atoms with E-state index in [2.05, 4.69) is 0 Å². The average molecular weight is 604 g/mol. The zero-order valence-electron chi connectivity index (χ0n) is 41.0. The molecule has 9 aromatic rings. The lowest BCUT2D eigenvalue weighted by atomic mass is 9.86. The van der Waals surface area contributed by atoms with Crippen molar-refractivity contribution in [2.24, 2.45) is 0 Å². The third-order valence-electron chi connectivity index (χ3n) is 8.14. The van der Waals surface area contributed by atoms with Gasteiger partial charge in [0.15, 0.2) is 0 Å². The number of fused-ring (bicyclic) bond motifs is 5.